The summed E-state index contributed by atoms with van der Waals surface area (Å²) in [6, 6.07) is 5.49. The van der Waals surface area contributed by atoms with Crippen molar-refractivity contribution in [3.05, 3.63) is 23.8 Å². The van der Waals surface area contributed by atoms with Crippen LogP contribution >= 0.6 is 0 Å². The highest BCUT2D eigenvalue weighted by Gasteiger charge is 2.07. The van der Waals surface area contributed by atoms with Crippen LogP contribution in [-0.4, -0.2) is 26.7 Å². The van der Waals surface area contributed by atoms with Crippen LogP contribution in [0.3, 0.4) is 0 Å². The van der Waals surface area contributed by atoms with Gasteiger partial charge >= 0.3 is 0 Å². The minimum Gasteiger partial charge on any atom is -0.497 e. The second kappa shape index (κ2) is 7.55. The third kappa shape index (κ3) is 4.25. The molecule has 0 aliphatic rings. The lowest BCUT2D eigenvalue weighted by Crippen LogP contribution is -2.23. The summed E-state index contributed by atoms with van der Waals surface area (Å²) < 4.78 is 10.4. The van der Waals surface area contributed by atoms with Crippen molar-refractivity contribution in [2.45, 2.75) is 19.4 Å². The van der Waals surface area contributed by atoms with Gasteiger partial charge in [-0.3, -0.25) is 4.79 Å². The molecule has 0 bridgehead atoms. The number of benzene rings is 1. The Kier molecular flexibility index (Phi) is 6.00. The molecule has 0 atom stereocenters. The number of rotatable bonds is 7. The number of nitrogens with two attached hydrogens (primary N) is 1. The topological polar surface area (TPSA) is 73.6 Å². The van der Waals surface area contributed by atoms with Gasteiger partial charge < -0.3 is 20.5 Å². The fourth-order valence-corrected chi connectivity index (χ4v) is 1.56. The second-order valence-corrected chi connectivity index (χ2v) is 3.85. The number of hydrogen-bond acceptors (Lipinski definition) is 4. The van der Waals surface area contributed by atoms with Gasteiger partial charge in [-0.15, -0.1) is 0 Å². The SMILES string of the molecule is COc1ccc(OC)c(CNC(=O)CCCN)c1. The first-order valence-corrected chi connectivity index (χ1v) is 5.89. The van der Waals surface area contributed by atoms with Crippen molar-refractivity contribution in [1.82, 2.24) is 5.32 Å². The Labute approximate surface area is 107 Å². The lowest BCUT2D eigenvalue weighted by atomic mass is 10.2. The van der Waals surface area contributed by atoms with E-state index in [1.54, 1.807) is 14.2 Å². The van der Waals surface area contributed by atoms with Gasteiger partial charge in [0.05, 0.1) is 14.2 Å². The Balaban J connectivity index is 2.62. The molecule has 0 saturated heterocycles. The first-order chi connectivity index (χ1) is 8.71. The van der Waals surface area contributed by atoms with E-state index in [1.807, 2.05) is 18.2 Å². The summed E-state index contributed by atoms with van der Waals surface area (Å²) >= 11 is 0. The van der Waals surface area contributed by atoms with Gasteiger partial charge in [0.15, 0.2) is 0 Å². The highest BCUT2D eigenvalue weighted by Crippen LogP contribution is 2.23. The van der Waals surface area contributed by atoms with Crippen LogP contribution in [0.1, 0.15) is 18.4 Å². The smallest absolute Gasteiger partial charge is 0.220 e. The fraction of sp³-hybridized carbons (Fsp3) is 0.462. The molecule has 0 saturated carbocycles. The molecule has 0 aliphatic heterocycles. The van der Waals surface area contributed by atoms with Crippen LogP contribution < -0.4 is 20.5 Å². The number of methoxy groups -OCH3 is 2. The molecule has 1 aromatic carbocycles. The Morgan fingerprint density at radius 1 is 1.33 bits per heavy atom. The number of amides is 1. The molecule has 0 radical (unpaired) electrons. The van der Waals surface area contributed by atoms with E-state index in [9.17, 15) is 4.79 Å². The highest BCUT2D eigenvalue weighted by molar-refractivity contribution is 5.75. The number of carbonyl (C=O) groups excluding carboxylic acids is 1. The number of hydrogen-bond donors (Lipinski definition) is 2. The fourth-order valence-electron chi connectivity index (χ4n) is 1.56. The minimum absolute atomic E-state index is 0.00896. The summed E-state index contributed by atoms with van der Waals surface area (Å²) in [5.74, 6) is 1.46. The van der Waals surface area contributed by atoms with Crippen LogP contribution in [0.4, 0.5) is 0 Å². The molecular weight excluding hydrogens is 232 g/mol. The Morgan fingerprint density at radius 3 is 2.72 bits per heavy atom. The maximum atomic E-state index is 11.5. The van der Waals surface area contributed by atoms with Gasteiger partial charge in [-0.25, -0.2) is 0 Å². The quantitative estimate of drug-likeness (QED) is 0.761. The van der Waals surface area contributed by atoms with Crippen molar-refractivity contribution in [2.75, 3.05) is 20.8 Å². The molecule has 5 nitrogen and oxygen atoms in total. The second-order valence-electron chi connectivity index (χ2n) is 3.85. The largest absolute Gasteiger partial charge is 0.497 e. The summed E-state index contributed by atoms with van der Waals surface area (Å²) in [6.45, 7) is 0.944. The molecule has 0 fully saturated rings. The Morgan fingerprint density at radius 2 is 2.11 bits per heavy atom. The van der Waals surface area contributed by atoms with E-state index in [0.29, 0.717) is 25.9 Å². The van der Waals surface area contributed by atoms with Crippen molar-refractivity contribution in [1.29, 1.82) is 0 Å². The lowest BCUT2D eigenvalue weighted by molar-refractivity contribution is -0.121. The molecule has 18 heavy (non-hydrogen) atoms. The zero-order valence-corrected chi connectivity index (χ0v) is 10.9. The molecular formula is C13H20N2O3. The van der Waals surface area contributed by atoms with Gasteiger partial charge in [0.1, 0.15) is 11.5 Å². The van der Waals surface area contributed by atoms with Crippen LogP contribution in [0.2, 0.25) is 0 Å². The van der Waals surface area contributed by atoms with E-state index in [2.05, 4.69) is 5.32 Å². The van der Waals surface area contributed by atoms with Gasteiger partial charge in [-0.2, -0.15) is 0 Å². The van der Waals surface area contributed by atoms with Gasteiger partial charge in [-0.1, -0.05) is 0 Å². The summed E-state index contributed by atoms with van der Waals surface area (Å²) in [7, 11) is 3.20. The first-order valence-electron chi connectivity index (χ1n) is 5.89. The Bertz CT molecular complexity index is 394. The van der Waals surface area contributed by atoms with E-state index in [0.717, 1.165) is 17.1 Å². The van der Waals surface area contributed by atoms with E-state index in [-0.39, 0.29) is 5.91 Å². The van der Waals surface area contributed by atoms with E-state index in [1.165, 1.54) is 0 Å². The highest BCUT2D eigenvalue weighted by atomic mass is 16.5. The molecule has 0 heterocycles. The number of ether oxygens (including phenoxy) is 2. The number of carbonyl (C=O) groups is 1. The maximum absolute atomic E-state index is 11.5. The predicted octanol–water partition coefficient (Wildman–Crippen LogP) is 1.06. The Hall–Kier alpha value is -1.75. The summed E-state index contributed by atoms with van der Waals surface area (Å²) in [6.07, 6.45) is 1.14. The molecule has 0 spiro atoms. The first kappa shape index (κ1) is 14.3. The normalized spacial score (nSPS) is 9.94. The number of nitrogens with one attached hydrogen (secondary N) is 1. The van der Waals surface area contributed by atoms with E-state index >= 15 is 0 Å². The third-order valence-electron chi connectivity index (χ3n) is 2.57. The lowest BCUT2D eigenvalue weighted by Gasteiger charge is -2.11. The maximum Gasteiger partial charge on any atom is 0.220 e. The van der Waals surface area contributed by atoms with E-state index in [4.69, 9.17) is 15.2 Å². The van der Waals surface area contributed by atoms with Gasteiger partial charge in [-0.05, 0) is 31.2 Å². The molecule has 5 heteroatoms. The monoisotopic (exact) mass is 252 g/mol. The molecule has 0 aromatic heterocycles. The van der Waals surface area contributed by atoms with Crippen molar-refractivity contribution in [2.24, 2.45) is 5.73 Å². The van der Waals surface area contributed by atoms with Crippen molar-refractivity contribution in [3.8, 4) is 11.5 Å². The van der Waals surface area contributed by atoms with Crippen LogP contribution in [0, 0.1) is 0 Å². The van der Waals surface area contributed by atoms with Crippen LogP contribution in [0.5, 0.6) is 11.5 Å². The van der Waals surface area contributed by atoms with E-state index < -0.39 is 0 Å². The average molecular weight is 252 g/mol. The molecule has 0 unspecified atom stereocenters. The zero-order valence-electron chi connectivity index (χ0n) is 10.9. The van der Waals surface area contributed by atoms with Gasteiger partial charge in [0.25, 0.3) is 0 Å². The molecule has 1 aromatic rings. The van der Waals surface area contributed by atoms with Crippen LogP contribution in [-0.2, 0) is 11.3 Å². The van der Waals surface area contributed by atoms with Crippen LogP contribution in [0.15, 0.2) is 18.2 Å². The zero-order chi connectivity index (χ0) is 13.4. The molecule has 1 amide bonds. The standard InChI is InChI=1S/C13H20N2O3/c1-17-11-5-6-12(18-2)10(8-11)9-15-13(16)4-3-7-14/h5-6,8H,3-4,7,9,14H2,1-2H3,(H,15,16). The average Bonchev–Trinajstić information content (AvgIpc) is 2.42. The van der Waals surface area contributed by atoms with Crippen molar-refractivity contribution >= 4 is 5.91 Å². The predicted molar refractivity (Wildman–Crippen MR) is 69.7 cm³/mol. The summed E-state index contributed by atoms with van der Waals surface area (Å²) in [4.78, 5) is 11.5. The third-order valence-corrected chi connectivity index (χ3v) is 2.57. The molecule has 3 N–H and O–H groups in total. The minimum atomic E-state index is -0.00896. The molecule has 1 rings (SSSR count). The summed E-state index contributed by atoms with van der Waals surface area (Å²) in [5, 5.41) is 2.83. The summed E-state index contributed by atoms with van der Waals surface area (Å²) in [5.41, 5.74) is 6.24. The van der Waals surface area contributed by atoms with Crippen molar-refractivity contribution in [3.63, 3.8) is 0 Å². The van der Waals surface area contributed by atoms with Gasteiger partial charge in [0.2, 0.25) is 5.91 Å². The van der Waals surface area contributed by atoms with Crippen molar-refractivity contribution < 1.29 is 14.3 Å². The molecule has 100 valence electrons. The van der Waals surface area contributed by atoms with Crippen LogP contribution in [0.25, 0.3) is 0 Å². The molecule has 0 aliphatic carbocycles. The van der Waals surface area contributed by atoms with Gasteiger partial charge in [0, 0.05) is 18.5 Å².